The molecule has 18 heavy (non-hydrogen) atoms. The van der Waals surface area contributed by atoms with Crippen LogP contribution < -0.4 is 27.3 Å². The molecule has 7 nitrogen and oxygen atoms in total. The van der Waals surface area contributed by atoms with Crippen molar-refractivity contribution >= 4 is 11.9 Å². The summed E-state index contributed by atoms with van der Waals surface area (Å²) in [6, 6.07) is 4.15. The van der Waals surface area contributed by atoms with E-state index in [1.165, 1.54) is 19.2 Å². The van der Waals surface area contributed by atoms with E-state index in [2.05, 4.69) is 15.3 Å². The van der Waals surface area contributed by atoms with Gasteiger partial charge in [0.2, 0.25) is 5.79 Å². The highest BCUT2D eigenvalue weighted by Gasteiger charge is 2.30. The zero-order chi connectivity index (χ0) is 13.3. The van der Waals surface area contributed by atoms with Crippen LogP contribution in [0.15, 0.2) is 28.2 Å². The molecule has 1 aliphatic heterocycles. The van der Waals surface area contributed by atoms with Crippen molar-refractivity contribution in [3.05, 3.63) is 29.6 Å². The van der Waals surface area contributed by atoms with Crippen molar-refractivity contribution in [2.24, 2.45) is 27.2 Å². The monoisotopic (exact) mass is 252 g/mol. The fraction of sp³-hybridized carbons (Fsp3) is 0.200. The molecule has 0 atom stereocenters. The van der Waals surface area contributed by atoms with Crippen molar-refractivity contribution in [1.82, 2.24) is 5.32 Å². The minimum absolute atomic E-state index is 0.0150. The third-order valence-corrected chi connectivity index (χ3v) is 2.41. The van der Waals surface area contributed by atoms with E-state index < -0.39 is 11.6 Å². The first kappa shape index (κ1) is 12.1. The van der Waals surface area contributed by atoms with Crippen LogP contribution in [0.4, 0.5) is 4.39 Å². The van der Waals surface area contributed by atoms with Crippen molar-refractivity contribution in [1.29, 1.82) is 0 Å². The normalized spacial score (nSPS) is 17.5. The summed E-state index contributed by atoms with van der Waals surface area (Å²) >= 11 is 0. The standard InChI is InChI=1S/C10H13FN6O/c1-18-7-3-2-5(4-6(7)11)10(14)16-8(12)15-9(13)17-10/h2-4H,14H2,1H3,(H5,12,13,15,16,17). The molecule has 0 amide bonds. The average molecular weight is 252 g/mol. The average Bonchev–Trinajstić information content (AvgIpc) is 2.27. The van der Waals surface area contributed by atoms with Gasteiger partial charge >= 0.3 is 0 Å². The molecule has 0 aromatic heterocycles. The first-order chi connectivity index (χ1) is 8.44. The Kier molecular flexibility index (Phi) is 2.79. The Morgan fingerprint density at radius 2 is 1.89 bits per heavy atom. The minimum atomic E-state index is -1.54. The number of ether oxygens (including phenoxy) is 1. The van der Waals surface area contributed by atoms with Gasteiger partial charge in [0.25, 0.3) is 0 Å². The molecule has 96 valence electrons. The third kappa shape index (κ3) is 2.05. The minimum Gasteiger partial charge on any atom is -0.494 e. The van der Waals surface area contributed by atoms with E-state index in [0.29, 0.717) is 5.56 Å². The molecule has 0 radical (unpaired) electrons. The van der Waals surface area contributed by atoms with Crippen molar-refractivity contribution in [2.75, 3.05) is 7.11 Å². The lowest BCUT2D eigenvalue weighted by Gasteiger charge is -2.26. The van der Waals surface area contributed by atoms with Gasteiger partial charge in [0, 0.05) is 5.56 Å². The zero-order valence-corrected chi connectivity index (χ0v) is 9.64. The third-order valence-electron chi connectivity index (χ3n) is 2.41. The highest BCUT2D eigenvalue weighted by Crippen LogP contribution is 2.27. The summed E-state index contributed by atoms with van der Waals surface area (Å²) in [5, 5.41) is 2.50. The molecule has 0 spiro atoms. The Labute approximate surface area is 103 Å². The van der Waals surface area contributed by atoms with E-state index in [0.717, 1.165) is 0 Å². The maximum atomic E-state index is 13.6. The lowest BCUT2D eigenvalue weighted by Crippen LogP contribution is -2.51. The number of nitrogens with two attached hydrogens (primary N) is 3. The first-order valence-electron chi connectivity index (χ1n) is 5.05. The molecule has 1 heterocycles. The number of hydrogen-bond donors (Lipinski definition) is 4. The molecule has 1 aromatic rings. The van der Waals surface area contributed by atoms with Gasteiger partial charge in [-0.3, -0.25) is 11.1 Å². The number of aliphatic imine (C=N–C) groups is 2. The van der Waals surface area contributed by atoms with Crippen LogP contribution >= 0.6 is 0 Å². The predicted molar refractivity (Wildman–Crippen MR) is 65.2 cm³/mol. The Morgan fingerprint density at radius 3 is 2.39 bits per heavy atom. The molecule has 0 bridgehead atoms. The topological polar surface area (TPSA) is 124 Å². The van der Waals surface area contributed by atoms with Gasteiger partial charge < -0.3 is 16.2 Å². The lowest BCUT2D eigenvalue weighted by molar-refractivity contribution is 0.384. The molecule has 0 saturated carbocycles. The van der Waals surface area contributed by atoms with Gasteiger partial charge in [0.15, 0.2) is 23.5 Å². The fourth-order valence-electron chi connectivity index (χ4n) is 1.60. The molecule has 1 aromatic carbocycles. The molecule has 0 unspecified atom stereocenters. The van der Waals surface area contributed by atoms with E-state index >= 15 is 0 Å². The number of nitrogens with one attached hydrogen (secondary N) is 1. The summed E-state index contributed by atoms with van der Waals surface area (Å²) in [5.41, 5.74) is 17.3. The fourth-order valence-corrected chi connectivity index (χ4v) is 1.60. The molecule has 2 rings (SSSR count). The number of guanidine groups is 2. The highest BCUT2D eigenvalue weighted by molar-refractivity contribution is 5.98. The Bertz CT molecular complexity index is 523. The lowest BCUT2D eigenvalue weighted by atomic mass is 10.1. The summed E-state index contributed by atoms with van der Waals surface area (Å²) in [6.07, 6.45) is 0. The van der Waals surface area contributed by atoms with Gasteiger partial charge in [-0.1, -0.05) is 0 Å². The predicted octanol–water partition coefficient (Wildman–Crippen LogP) is -0.864. The maximum Gasteiger partial charge on any atom is 0.235 e. The molecular formula is C10H13FN6O. The maximum absolute atomic E-state index is 13.6. The van der Waals surface area contributed by atoms with Crippen LogP contribution in [0, 0.1) is 5.82 Å². The Balaban J connectivity index is 2.47. The Morgan fingerprint density at radius 1 is 1.28 bits per heavy atom. The number of nitrogens with zero attached hydrogens (tertiary/aromatic N) is 2. The molecule has 8 heteroatoms. The summed E-state index contributed by atoms with van der Waals surface area (Å²) in [5.74, 6) is -1.97. The van der Waals surface area contributed by atoms with Gasteiger partial charge in [-0.15, -0.1) is 0 Å². The second kappa shape index (κ2) is 4.15. The first-order valence-corrected chi connectivity index (χ1v) is 5.05. The van der Waals surface area contributed by atoms with Crippen molar-refractivity contribution in [3.63, 3.8) is 0 Å². The number of halogens is 1. The van der Waals surface area contributed by atoms with Crippen LogP contribution in [-0.2, 0) is 5.79 Å². The van der Waals surface area contributed by atoms with Gasteiger partial charge in [-0.25, -0.2) is 14.4 Å². The van der Waals surface area contributed by atoms with Crippen LogP contribution in [0.5, 0.6) is 5.75 Å². The smallest absolute Gasteiger partial charge is 0.235 e. The second-order valence-corrected chi connectivity index (χ2v) is 3.69. The van der Waals surface area contributed by atoms with Gasteiger partial charge in [0.05, 0.1) is 7.11 Å². The summed E-state index contributed by atoms with van der Waals surface area (Å²) in [6.45, 7) is 0. The number of rotatable bonds is 2. The zero-order valence-electron chi connectivity index (χ0n) is 9.64. The molecule has 1 aliphatic rings. The number of benzene rings is 1. The van der Waals surface area contributed by atoms with Crippen molar-refractivity contribution in [3.8, 4) is 5.75 Å². The van der Waals surface area contributed by atoms with Crippen LogP contribution in [0.25, 0.3) is 0 Å². The summed E-state index contributed by atoms with van der Waals surface area (Å²) < 4.78 is 18.4. The van der Waals surface area contributed by atoms with Gasteiger partial charge in [0.1, 0.15) is 0 Å². The van der Waals surface area contributed by atoms with E-state index in [4.69, 9.17) is 21.9 Å². The van der Waals surface area contributed by atoms with E-state index in [9.17, 15) is 4.39 Å². The van der Waals surface area contributed by atoms with Crippen molar-refractivity contribution in [2.45, 2.75) is 5.79 Å². The van der Waals surface area contributed by atoms with Crippen LogP contribution in [0.1, 0.15) is 5.56 Å². The van der Waals surface area contributed by atoms with E-state index in [1.807, 2.05) is 0 Å². The van der Waals surface area contributed by atoms with Crippen LogP contribution in [-0.4, -0.2) is 19.0 Å². The molecular weight excluding hydrogens is 239 g/mol. The molecule has 7 N–H and O–H groups in total. The quantitative estimate of drug-likeness (QED) is 0.545. The largest absolute Gasteiger partial charge is 0.494 e. The van der Waals surface area contributed by atoms with E-state index in [-0.39, 0.29) is 17.7 Å². The molecule has 0 fully saturated rings. The van der Waals surface area contributed by atoms with Gasteiger partial charge in [-0.2, -0.15) is 0 Å². The van der Waals surface area contributed by atoms with Crippen LogP contribution in [0.3, 0.4) is 0 Å². The van der Waals surface area contributed by atoms with Gasteiger partial charge in [-0.05, 0) is 18.2 Å². The van der Waals surface area contributed by atoms with E-state index in [1.54, 1.807) is 6.07 Å². The SMILES string of the molecule is COc1ccc(C2(N)N=C(N)NC(N)=N2)cc1F. The second-order valence-electron chi connectivity index (χ2n) is 3.69. The summed E-state index contributed by atoms with van der Waals surface area (Å²) in [7, 11) is 1.37. The molecule has 0 saturated heterocycles. The number of hydrogen-bond acceptors (Lipinski definition) is 7. The highest BCUT2D eigenvalue weighted by atomic mass is 19.1. The number of methoxy groups -OCH3 is 1. The van der Waals surface area contributed by atoms with Crippen LogP contribution in [0.2, 0.25) is 0 Å². The molecule has 0 aliphatic carbocycles. The van der Waals surface area contributed by atoms with Crippen molar-refractivity contribution < 1.29 is 9.13 Å². The Hall–Kier alpha value is -2.35. The summed E-state index contributed by atoms with van der Waals surface area (Å²) in [4.78, 5) is 7.84.